The Bertz CT molecular complexity index is 951. The normalized spacial score (nSPS) is 22.2. The Morgan fingerprint density at radius 1 is 0.900 bits per heavy atom. The Labute approximate surface area is 120 Å². The van der Waals surface area contributed by atoms with E-state index in [2.05, 4.69) is 66.0 Å². The van der Waals surface area contributed by atoms with Crippen molar-refractivity contribution >= 4 is 39.3 Å². The Hall–Kier alpha value is -2.06. The molecule has 2 aromatic carbocycles. The Morgan fingerprint density at radius 3 is 2.75 bits per heavy atom. The van der Waals surface area contributed by atoms with E-state index >= 15 is 0 Å². The molecule has 2 unspecified atom stereocenters. The third kappa shape index (κ3) is 1.32. The van der Waals surface area contributed by atoms with Crippen molar-refractivity contribution in [1.82, 2.24) is 0 Å². The van der Waals surface area contributed by atoms with E-state index in [1.165, 1.54) is 31.1 Å². The van der Waals surface area contributed by atoms with Crippen molar-refractivity contribution in [3.05, 3.63) is 63.8 Å². The molecule has 2 atom stereocenters. The highest BCUT2D eigenvalue weighted by atomic mass is 32.1. The van der Waals surface area contributed by atoms with Crippen molar-refractivity contribution in [2.24, 2.45) is 0 Å². The smallest absolute Gasteiger partial charge is 0.0558 e. The first kappa shape index (κ1) is 10.7. The summed E-state index contributed by atoms with van der Waals surface area (Å²) in [6.07, 6.45) is 4.86. The van der Waals surface area contributed by atoms with Crippen molar-refractivity contribution in [2.75, 3.05) is 5.32 Å². The molecule has 1 aromatic heterocycles. The van der Waals surface area contributed by atoms with Crippen LogP contribution in [0.3, 0.4) is 0 Å². The molecule has 0 saturated heterocycles. The van der Waals surface area contributed by atoms with Crippen LogP contribution in [0, 0.1) is 0 Å². The number of rotatable bonds is 0. The molecule has 5 rings (SSSR count). The van der Waals surface area contributed by atoms with Gasteiger partial charge in [0.25, 0.3) is 0 Å². The molecular formula is C18H13NS. The second-order valence-corrected chi connectivity index (χ2v) is 6.58. The molecule has 0 fully saturated rings. The van der Waals surface area contributed by atoms with Gasteiger partial charge in [0.15, 0.2) is 0 Å². The maximum Gasteiger partial charge on any atom is 0.0558 e. The molecule has 0 radical (unpaired) electrons. The number of hydrogen-bond donors (Lipinski definition) is 1. The maximum atomic E-state index is 3.65. The molecule has 0 saturated carbocycles. The van der Waals surface area contributed by atoms with E-state index in [1.54, 1.807) is 0 Å². The van der Waals surface area contributed by atoms with E-state index in [4.69, 9.17) is 0 Å². The van der Waals surface area contributed by atoms with Crippen LogP contribution in [-0.4, -0.2) is 6.04 Å². The molecule has 0 spiro atoms. The summed E-state index contributed by atoms with van der Waals surface area (Å²) in [6, 6.07) is 17.8. The summed E-state index contributed by atoms with van der Waals surface area (Å²) in [4.78, 5) is 0. The Morgan fingerprint density at radius 2 is 1.75 bits per heavy atom. The first-order valence-corrected chi connectivity index (χ1v) is 7.78. The van der Waals surface area contributed by atoms with Gasteiger partial charge in [0.05, 0.1) is 6.04 Å². The minimum atomic E-state index is 0.401. The highest BCUT2D eigenvalue weighted by molar-refractivity contribution is 7.17. The van der Waals surface area contributed by atoms with Crippen LogP contribution in [0.25, 0.3) is 22.2 Å². The van der Waals surface area contributed by atoms with Gasteiger partial charge in [-0.05, 0) is 22.9 Å². The summed E-state index contributed by atoms with van der Waals surface area (Å²) in [5, 5.41) is 6.45. The molecule has 1 N–H and O–H groups in total. The minimum Gasteiger partial charge on any atom is -0.378 e. The summed E-state index contributed by atoms with van der Waals surface area (Å²) >= 11 is 1.91. The molecule has 2 heterocycles. The zero-order valence-electron chi connectivity index (χ0n) is 10.8. The van der Waals surface area contributed by atoms with Gasteiger partial charge in [-0.2, -0.15) is 0 Å². The molecule has 1 aliphatic heterocycles. The van der Waals surface area contributed by atoms with Gasteiger partial charge >= 0.3 is 0 Å². The van der Waals surface area contributed by atoms with Crippen molar-refractivity contribution in [3.8, 4) is 0 Å². The van der Waals surface area contributed by atoms with Crippen LogP contribution in [0.2, 0.25) is 0 Å². The summed E-state index contributed by atoms with van der Waals surface area (Å²) in [7, 11) is 0. The van der Waals surface area contributed by atoms with Crippen molar-refractivity contribution in [1.29, 1.82) is 0 Å². The minimum absolute atomic E-state index is 0.401. The maximum absolute atomic E-state index is 3.65. The highest BCUT2D eigenvalue weighted by Gasteiger charge is 2.30. The number of anilines is 1. The summed E-state index contributed by atoms with van der Waals surface area (Å²) < 4.78 is 2.81. The summed E-state index contributed by atoms with van der Waals surface area (Å²) in [5.74, 6) is 0.478. The predicted octanol–water partition coefficient (Wildman–Crippen LogP) is 3.05. The number of benzene rings is 2. The van der Waals surface area contributed by atoms with E-state index in [0.717, 1.165) is 0 Å². The van der Waals surface area contributed by atoms with Crippen molar-refractivity contribution in [3.63, 3.8) is 0 Å². The fourth-order valence-electron chi connectivity index (χ4n) is 3.44. The molecule has 1 nitrogen and oxygen atoms in total. The lowest BCUT2D eigenvalue weighted by Crippen LogP contribution is -2.31. The van der Waals surface area contributed by atoms with Crippen LogP contribution in [0.15, 0.2) is 48.5 Å². The second kappa shape index (κ2) is 3.74. The molecule has 20 heavy (non-hydrogen) atoms. The van der Waals surface area contributed by atoms with Gasteiger partial charge in [-0.15, -0.1) is 11.3 Å². The first-order chi connectivity index (χ1) is 9.90. The largest absolute Gasteiger partial charge is 0.378 e. The van der Waals surface area contributed by atoms with Gasteiger partial charge in [0.1, 0.15) is 0 Å². The van der Waals surface area contributed by atoms with E-state index in [0.29, 0.717) is 12.0 Å². The number of nitrogens with one attached hydrogen (secondary N) is 1. The molecular weight excluding hydrogens is 262 g/mol. The summed E-state index contributed by atoms with van der Waals surface area (Å²) in [5.41, 5.74) is 2.71. The van der Waals surface area contributed by atoms with Gasteiger partial charge in [0, 0.05) is 26.2 Å². The lowest BCUT2D eigenvalue weighted by molar-refractivity contribution is 0.875. The van der Waals surface area contributed by atoms with Crippen LogP contribution in [0.4, 0.5) is 5.69 Å². The zero-order chi connectivity index (χ0) is 13.1. The molecule has 0 bridgehead atoms. The monoisotopic (exact) mass is 275 g/mol. The third-order valence-electron chi connectivity index (χ3n) is 4.37. The molecule has 1 aliphatic carbocycles. The third-order valence-corrected chi connectivity index (χ3v) is 5.52. The van der Waals surface area contributed by atoms with E-state index < -0.39 is 0 Å². The first-order valence-electron chi connectivity index (χ1n) is 6.97. The second-order valence-electron chi connectivity index (χ2n) is 5.49. The molecule has 3 aromatic rings. The van der Waals surface area contributed by atoms with E-state index in [-0.39, 0.29) is 0 Å². The lowest BCUT2D eigenvalue weighted by atomic mass is 9.91. The topological polar surface area (TPSA) is 12.0 Å². The van der Waals surface area contributed by atoms with Gasteiger partial charge in [-0.3, -0.25) is 0 Å². The van der Waals surface area contributed by atoms with E-state index in [9.17, 15) is 0 Å². The number of fused-ring (bicyclic) bond motifs is 6. The number of thiophene rings is 1. The van der Waals surface area contributed by atoms with Crippen molar-refractivity contribution < 1.29 is 0 Å². The average Bonchev–Trinajstić information content (AvgIpc) is 3.02. The number of hydrogen-bond acceptors (Lipinski definition) is 2. The highest BCUT2D eigenvalue weighted by Crippen LogP contribution is 2.38. The van der Waals surface area contributed by atoms with Crippen LogP contribution in [-0.2, 0) is 0 Å². The lowest BCUT2D eigenvalue weighted by Gasteiger charge is -2.15. The van der Waals surface area contributed by atoms with Gasteiger partial charge in [-0.25, -0.2) is 0 Å². The fourth-order valence-corrected chi connectivity index (χ4v) is 4.62. The van der Waals surface area contributed by atoms with Gasteiger partial charge in [-0.1, -0.05) is 48.6 Å². The van der Waals surface area contributed by atoms with Gasteiger partial charge in [0.2, 0.25) is 0 Å². The van der Waals surface area contributed by atoms with Crippen molar-refractivity contribution in [2.45, 2.75) is 12.0 Å². The standard InChI is InChI=1S/C18H13NS/c1-3-7-15-11(5-1)13-10-18-14(9-16(13)19-15)12-6-2-4-8-17(12)20-18/h1-10,13,16,19H. The SMILES string of the molecule is C1=c2sc3ccccc3c2=CC2Nc3ccccc3C12. The molecule has 2 aliphatic rings. The van der Waals surface area contributed by atoms with Crippen LogP contribution < -0.4 is 15.1 Å². The quantitative estimate of drug-likeness (QED) is 0.665. The predicted molar refractivity (Wildman–Crippen MR) is 86.6 cm³/mol. The van der Waals surface area contributed by atoms with Crippen LogP contribution >= 0.6 is 11.3 Å². The van der Waals surface area contributed by atoms with Gasteiger partial charge < -0.3 is 5.32 Å². The average molecular weight is 275 g/mol. The molecule has 0 amide bonds. The molecule has 96 valence electrons. The fraction of sp³-hybridized carbons (Fsp3) is 0.111. The van der Waals surface area contributed by atoms with Crippen LogP contribution in [0.1, 0.15) is 11.5 Å². The Balaban J connectivity index is 1.82. The molecule has 2 heteroatoms. The zero-order valence-corrected chi connectivity index (χ0v) is 11.7. The summed E-state index contributed by atoms with van der Waals surface area (Å²) in [6.45, 7) is 0. The van der Waals surface area contributed by atoms with E-state index in [1.807, 2.05) is 11.3 Å². The van der Waals surface area contributed by atoms with Crippen LogP contribution in [0.5, 0.6) is 0 Å². The number of para-hydroxylation sites is 1. The Kier molecular flexibility index (Phi) is 2.00.